The van der Waals surface area contributed by atoms with Gasteiger partial charge in [0.1, 0.15) is 0 Å². The van der Waals surface area contributed by atoms with Gasteiger partial charge in [0.15, 0.2) is 6.10 Å². The van der Waals surface area contributed by atoms with E-state index in [4.69, 9.17) is 4.74 Å². The fourth-order valence-electron chi connectivity index (χ4n) is 3.13. The molecule has 2 aromatic carbocycles. The van der Waals surface area contributed by atoms with Gasteiger partial charge in [0, 0.05) is 10.9 Å². The number of para-hydroxylation sites is 1. The number of aromatic nitrogens is 1. The number of halogens is 3. The maximum Gasteiger partial charge on any atom is 0.416 e. The normalized spacial score (nSPS) is 17.4. The van der Waals surface area contributed by atoms with Gasteiger partial charge < -0.3 is 9.84 Å². The van der Waals surface area contributed by atoms with Crippen molar-refractivity contribution < 1.29 is 27.8 Å². The molecule has 1 aliphatic heterocycles. The lowest BCUT2D eigenvalue weighted by atomic mass is 9.94. The summed E-state index contributed by atoms with van der Waals surface area (Å²) in [7, 11) is 0. The Morgan fingerprint density at radius 3 is 2.44 bits per heavy atom. The highest BCUT2D eigenvalue weighted by Crippen LogP contribution is 2.44. The number of alkyl halides is 3. The van der Waals surface area contributed by atoms with E-state index >= 15 is 0 Å². The first-order valence-electron chi connectivity index (χ1n) is 8.02. The van der Waals surface area contributed by atoms with Crippen LogP contribution in [0.15, 0.2) is 66.4 Å². The Kier molecular flexibility index (Phi) is 3.87. The summed E-state index contributed by atoms with van der Waals surface area (Å²) in [5, 5.41) is 11.0. The van der Waals surface area contributed by atoms with Gasteiger partial charge in [-0.25, -0.2) is 9.78 Å². The highest BCUT2D eigenvalue weighted by molar-refractivity contribution is 6.01. The lowest BCUT2D eigenvalue weighted by Gasteiger charge is -2.19. The summed E-state index contributed by atoms with van der Waals surface area (Å²) in [6.07, 6.45) is -6.03. The summed E-state index contributed by atoms with van der Waals surface area (Å²) in [4.78, 5) is 16.3. The molecule has 0 aliphatic carbocycles. The molecule has 3 aromatic rings. The summed E-state index contributed by atoms with van der Waals surface area (Å²) < 4.78 is 45.3. The molecule has 136 valence electrons. The van der Waals surface area contributed by atoms with E-state index in [1.54, 1.807) is 24.3 Å². The molecule has 7 heteroatoms. The summed E-state index contributed by atoms with van der Waals surface area (Å²) >= 11 is 0. The first-order valence-corrected chi connectivity index (χ1v) is 8.02. The second kappa shape index (κ2) is 6.12. The number of hydrogen-bond donors (Lipinski definition) is 1. The minimum atomic E-state index is -4.64. The average Bonchev–Trinajstić information content (AvgIpc) is 2.95. The number of carbonyl (C=O) groups excluding carboxylic acids is 1. The van der Waals surface area contributed by atoms with Crippen LogP contribution in [0.5, 0.6) is 0 Å². The van der Waals surface area contributed by atoms with Crippen LogP contribution in [-0.4, -0.2) is 16.1 Å². The molecule has 4 nitrogen and oxygen atoms in total. The highest BCUT2D eigenvalue weighted by Gasteiger charge is 2.42. The average molecular weight is 371 g/mol. The van der Waals surface area contributed by atoms with E-state index in [0.717, 1.165) is 11.5 Å². The first kappa shape index (κ1) is 17.1. The van der Waals surface area contributed by atoms with Crippen molar-refractivity contribution in [3.05, 3.63) is 83.2 Å². The molecule has 4 rings (SSSR count). The molecule has 0 spiro atoms. The van der Waals surface area contributed by atoms with Gasteiger partial charge in [-0.15, -0.1) is 0 Å². The molecule has 0 fully saturated rings. The third-order valence-corrected chi connectivity index (χ3v) is 4.36. The van der Waals surface area contributed by atoms with Crippen LogP contribution in [0.25, 0.3) is 16.5 Å². The molecular weight excluding hydrogens is 359 g/mol. The maximum atomic E-state index is 13.4. The van der Waals surface area contributed by atoms with Crippen molar-refractivity contribution in [2.75, 3.05) is 0 Å². The second-order valence-corrected chi connectivity index (χ2v) is 6.02. The number of aliphatic hydroxyl groups excluding tert-OH is 1. The van der Waals surface area contributed by atoms with E-state index in [0.29, 0.717) is 5.52 Å². The number of aliphatic hydroxyl groups is 1. The maximum absolute atomic E-state index is 13.4. The molecule has 0 radical (unpaired) electrons. The van der Waals surface area contributed by atoms with E-state index in [1.165, 1.54) is 18.2 Å². The van der Waals surface area contributed by atoms with Gasteiger partial charge in [0.25, 0.3) is 0 Å². The number of nitrogens with zero attached hydrogens (tertiary/aromatic N) is 1. The Labute approximate surface area is 151 Å². The number of carbonyl (C=O) groups is 1. The fourth-order valence-corrected chi connectivity index (χ4v) is 3.13. The van der Waals surface area contributed by atoms with Gasteiger partial charge in [-0.1, -0.05) is 42.5 Å². The minimum Gasteiger partial charge on any atom is -0.501 e. The van der Waals surface area contributed by atoms with Crippen molar-refractivity contribution in [3.8, 4) is 0 Å². The number of pyridine rings is 1. The summed E-state index contributed by atoms with van der Waals surface area (Å²) in [6.45, 7) is 0. The molecule has 0 saturated carbocycles. The van der Waals surface area contributed by atoms with Crippen LogP contribution in [-0.2, 0) is 15.7 Å². The van der Waals surface area contributed by atoms with Gasteiger partial charge >= 0.3 is 12.1 Å². The van der Waals surface area contributed by atoms with E-state index in [9.17, 15) is 23.1 Å². The lowest BCUT2D eigenvalue weighted by molar-refractivity contribution is -0.145. The quantitative estimate of drug-likeness (QED) is 0.656. The topological polar surface area (TPSA) is 59.4 Å². The first-order chi connectivity index (χ1) is 12.9. The Hall–Kier alpha value is -3.35. The largest absolute Gasteiger partial charge is 0.501 e. The summed E-state index contributed by atoms with van der Waals surface area (Å²) in [5.41, 5.74) is -0.512. The summed E-state index contributed by atoms with van der Waals surface area (Å²) in [6, 6.07) is 15.2. The predicted octanol–water partition coefficient (Wildman–Crippen LogP) is 4.82. The summed E-state index contributed by atoms with van der Waals surface area (Å²) in [5.74, 6) is -1.82. The molecule has 1 aliphatic rings. The van der Waals surface area contributed by atoms with Gasteiger partial charge in [0.2, 0.25) is 5.76 Å². The van der Waals surface area contributed by atoms with Crippen LogP contribution < -0.4 is 0 Å². The minimum absolute atomic E-state index is 0.0811. The van der Waals surface area contributed by atoms with Crippen LogP contribution in [0.4, 0.5) is 13.2 Å². The Bertz CT molecular complexity index is 1090. The SMILES string of the molecule is O=C1OC(c2ccccc2C(F)(F)F)C(c2ccc3ccccc3n2)=C1O. The second-order valence-electron chi connectivity index (χ2n) is 6.02. The van der Waals surface area contributed by atoms with Crippen LogP contribution in [0.1, 0.15) is 22.9 Å². The van der Waals surface area contributed by atoms with Crippen molar-refractivity contribution in [1.82, 2.24) is 4.98 Å². The molecule has 0 bridgehead atoms. The molecule has 0 amide bonds. The van der Waals surface area contributed by atoms with Crippen molar-refractivity contribution in [2.24, 2.45) is 0 Å². The Balaban J connectivity index is 1.89. The third kappa shape index (κ3) is 2.91. The number of benzene rings is 2. The van der Waals surface area contributed by atoms with E-state index in [2.05, 4.69) is 4.98 Å². The number of cyclic esters (lactones) is 1. The molecule has 1 atom stereocenters. The molecule has 1 N–H and O–H groups in total. The zero-order valence-electron chi connectivity index (χ0n) is 13.7. The highest BCUT2D eigenvalue weighted by atomic mass is 19.4. The van der Waals surface area contributed by atoms with E-state index < -0.39 is 29.6 Å². The van der Waals surface area contributed by atoms with Crippen molar-refractivity contribution in [1.29, 1.82) is 0 Å². The monoisotopic (exact) mass is 371 g/mol. The zero-order valence-corrected chi connectivity index (χ0v) is 13.7. The smallest absolute Gasteiger partial charge is 0.416 e. The van der Waals surface area contributed by atoms with Crippen LogP contribution in [0, 0.1) is 0 Å². The lowest BCUT2D eigenvalue weighted by Crippen LogP contribution is -2.13. The van der Waals surface area contributed by atoms with Crippen LogP contribution in [0.3, 0.4) is 0 Å². The Morgan fingerprint density at radius 1 is 0.963 bits per heavy atom. The van der Waals surface area contributed by atoms with Crippen LogP contribution in [0.2, 0.25) is 0 Å². The number of fused-ring (bicyclic) bond motifs is 1. The standard InChI is InChI=1S/C20H12F3NO3/c21-20(22,23)13-7-3-2-6-12(13)18-16(17(25)19(26)27-18)15-10-9-11-5-1-4-8-14(11)24-15/h1-10,18,25H. The van der Waals surface area contributed by atoms with E-state index in [-0.39, 0.29) is 16.8 Å². The number of ether oxygens (including phenoxy) is 1. The number of hydrogen-bond acceptors (Lipinski definition) is 4. The van der Waals surface area contributed by atoms with Gasteiger partial charge in [-0.05, 0) is 18.2 Å². The number of esters is 1. The van der Waals surface area contributed by atoms with Gasteiger partial charge in [-0.2, -0.15) is 13.2 Å². The molecule has 27 heavy (non-hydrogen) atoms. The molecule has 1 aromatic heterocycles. The molecular formula is C20H12F3NO3. The predicted molar refractivity (Wildman–Crippen MR) is 91.6 cm³/mol. The molecule has 1 unspecified atom stereocenters. The Morgan fingerprint density at radius 2 is 1.67 bits per heavy atom. The number of rotatable bonds is 2. The van der Waals surface area contributed by atoms with Crippen molar-refractivity contribution >= 4 is 22.4 Å². The molecule has 2 heterocycles. The van der Waals surface area contributed by atoms with Crippen molar-refractivity contribution in [2.45, 2.75) is 12.3 Å². The molecule has 0 saturated heterocycles. The van der Waals surface area contributed by atoms with E-state index in [1.807, 2.05) is 12.1 Å². The third-order valence-electron chi connectivity index (χ3n) is 4.36. The fraction of sp³-hybridized carbons (Fsp3) is 0.100. The van der Waals surface area contributed by atoms with Gasteiger partial charge in [0.05, 0.1) is 22.3 Å². The van der Waals surface area contributed by atoms with Crippen molar-refractivity contribution in [3.63, 3.8) is 0 Å². The van der Waals surface area contributed by atoms with Crippen LogP contribution >= 0.6 is 0 Å². The van der Waals surface area contributed by atoms with Gasteiger partial charge in [-0.3, -0.25) is 0 Å². The zero-order chi connectivity index (χ0) is 19.2.